The van der Waals surface area contributed by atoms with Gasteiger partial charge >= 0.3 is 0 Å². The minimum atomic E-state index is -0.129. The van der Waals surface area contributed by atoms with Crippen LogP contribution >= 0.6 is 35.7 Å². The molecule has 1 aliphatic heterocycles. The molecule has 1 fully saturated rings. The normalized spacial score (nSPS) is 15.4. The number of hydrogen-bond donors (Lipinski definition) is 0. The molecule has 152 valence electrons. The summed E-state index contributed by atoms with van der Waals surface area (Å²) in [5.74, 6) is 0.503. The summed E-state index contributed by atoms with van der Waals surface area (Å²) in [5.41, 5.74) is 2.02. The summed E-state index contributed by atoms with van der Waals surface area (Å²) >= 11 is 8.40. The first-order valence-electron chi connectivity index (χ1n) is 9.68. The number of aryl methyl sites for hydroxylation is 1. The van der Waals surface area contributed by atoms with Crippen molar-refractivity contribution in [3.63, 3.8) is 0 Å². The molecule has 1 aromatic heterocycles. The SMILES string of the molecule is Cc1ccc(Sc2ccc(/C=C3/SC(=S)N(c4cccc5ccccc45)C3=O)o2)cc1. The molecule has 6 heteroatoms. The Morgan fingerprint density at radius 2 is 1.74 bits per heavy atom. The summed E-state index contributed by atoms with van der Waals surface area (Å²) in [6, 6.07) is 26.0. The maximum atomic E-state index is 13.2. The van der Waals surface area contributed by atoms with Crippen molar-refractivity contribution < 1.29 is 9.21 Å². The molecule has 0 saturated carbocycles. The van der Waals surface area contributed by atoms with E-state index in [4.69, 9.17) is 16.6 Å². The van der Waals surface area contributed by atoms with Crippen molar-refractivity contribution in [3.05, 3.63) is 95.1 Å². The first kappa shape index (κ1) is 20.1. The molecule has 1 saturated heterocycles. The molecule has 2 heterocycles. The molecule has 1 aliphatic rings. The van der Waals surface area contributed by atoms with Gasteiger partial charge < -0.3 is 4.42 Å². The Morgan fingerprint density at radius 3 is 2.58 bits per heavy atom. The molecule has 0 N–H and O–H groups in total. The van der Waals surface area contributed by atoms with Crippen LogP contribution in [0.3, 0.4) is 0 Å². The van der Waals surface area contributed by atoms with E-state index in [1.807, 2.05) is 54.6 Å². The summed E-state index contributed by atoms with van der Waals surface area (Å²) < 4.78 is 6.46. The number of carbonyl (C=O) groups is 1. The number of nitrogens with zero attached hydrogens (tertiary/aromatic N) is 1. The van der Waals surface area contributed by atoms with Crippen LogP contribution in [-0.4, -0.2) is 10.2 Å². The largest absolute Gasteiger partial charge is 0.450 e. The molecule has 0 radical (unpaired) electrons. The fourth-order valence-electron chi connectivity index (χ4n) is 3.40. The van der Waals surface area contributed by atoms with E-state index in [0.717, 1.165) is 26.4 Å². The van der Waals surface area contributed by atoms with Crippen molar-refractivity contribution in [1.82, 2.24) is 0 Å². The molecule has 0 atom stereocenters. The van der Waals surface area contributed by atoms with Gasteiger partial charge in [0, 0.05) is 16.4 Å². The van der Waals surface area contributed by atoms with Gasteiger partial charge in [-0.15, -0.1) is 0 Å². The zero-order valence-corrected chi connectivity index (χ0v) is 19.0. The van der Waals surface area contributed by atoms with Crippen LogP contribution in [0, 0.1) is 6.92 Å². The van der Waals surface area contributed by atoms with Gasteiger partial charge in [-0.1, -0.05) is 89.8 Å². The Bertz CT molecular complexity index is 1330. The Labute approximate surface area is 194 Å². The molecule has 5 rings (SSSR count). The highest BCUT2D eigenvalue weighted by Gasteiger charge is 2.34. The number of thioether (sulfide) groups is 1. The predicted octanol–water partition coefficient (Wildman–Crippen LogP) is 7.30. The maximum absolute atomic E-state index is 13.2. The van der Waals surface area contributed by atoms with Crippen molar-refractivity contribution in [2.75, 3.05) is 4.90 Å². The molecular weight excluding hydrogens is 442 g/mol. The zero-order chi connectivity index (χ0) is 21.4. The summed E-state index contributed by atoms with van der Waals surface area (Å²) in [7, 11) is 0. The van der Waals surface area contributed by atoms with Crippen molar-refractivity contribution in [2.45, 2.75) is 16.9 Å². The van der Waals surface area contributed by atoms with Gasteiger partial charge in [0.2, 0.25) is 0 Å². The fourth-order valence-corrected chi connectivity index (χ4v) is 5.44. The molecule has 3 nitrogen and oxygen atoms in total. The smallest absolute Gasteiger partial charge is 0.270 e. The van der Waals surface area contributed by atoms with Crippen molar-refractivity contribution in [2.24, 2.45) is 0 Å². The topological polar surface area (TPSA) is 33.5 Å². The Hall–Kier alpha value is -2.80. The van der Waals surface area contributed by atoms with Gasteiger partial charge in [-0.3, -0.25) is 9.69 Å². The van der Waals surface area contributed by atoms with E-state index in [2.05, 4.69) is 31.2 Å². The van der Waals surface area contributed by atoms with Gasteiger partial charge in [0.15, 0.2) is 9.41 Å². The number of benzene rings is 3. The minimum absolute atomic E-state index is 0.129. The highest BCUT2D eigenvalue weighted by molar-refractivity contribution is 8.27. The van der Waals surface area contributed by atoms with Crippen molar-refractivity contribution in [1.29, 1.82) is 0 Å². The summed E-state index contributed by atoms with van der Waals surface area (Å²) in [4.78, 5) is 16.5. The lowest BCUT2D eigenvalue weighted by atomic mass is 10.1. The summed E-state index contributed by atoms with van der Waals surface area (Å²) in [5, 5.41) is 2.85. The lowest BCUT2D eigenvalue weighted by Gasteiger charge is -2.17. The number of fused-ring (bicyclic) bond motifs is 1. The molecule has 1 amide bonds. The fraction of sp³-hybridized carbons (Fsp3) is 0.0400. The van der Waals surface area contributed by atoms with Gasteiger partial charge in [-0.05, 0) is 42.6 Å². The van der Waals surface area contributed by atoms with E-state index in [1.54, 1.807) is 22.7 Å². The second-order valence-electron chi connectivity index (χ2n) is 7.09. The molecule has 0 unspecified atom stereocenters. The third kappa shape index (κ3) is 4.06. The van der Waals surface area contributed by atoms with Crippen molar-refractivity contribution >= 4 is 68.5 Å². The van der Waals surface area contributed by atoms with E-state index in [0.29, 0.717) is 15.0 Å². The van der Waals surface area contributed by atoms with Crippen molar-refractivity contribution in [3.8, 4) is 0 Å². The van der Waals surface area contributed by atoms with E-state index < -0.39 is 0 Å². The first-order chi connectivity index (χ1) is 15.1. The van der Waals surface area contributed by atoms with E-state index in [-0.39, 0.29) is 5.91 Å². The van der Waals surface area contributed by atoms with Crippen LogP contribution in [0.1, 0.15) is 11.3 Å². The summed E-state index contributed by atoms with van der Waals surface area (Å²) in [6.45, 7) is 2.06. The number of rotatable bonds is 4. The zero-order valence-electron chi connectivity index (χ0n) is 16.6. The highest BCUT2D eigenvalue weighted by Crippen LogP contribution is 2.39. The number of carbonyl (C=O) groups excluding carboxylic acids is 1. The molecule has 31 heavy (non-hydrogen) atoms. The third-order valence-electron chi connectivity index (χ3n) is 4.92. The van der Waals surface area contributed by atoms with Crippen LogP contribution < -0.4 is 4.90 Å². The van der Waals surface area contributed by atoms with E-state index >= 15 is 0 Å². The van der Waals surface area contributed by atoms with E-state index in [1.165, 1.54) is 17.3 Å². The van der Waals surface area contributed by atoms with Gasteiger partial charge in [0.25, 0.3) is 5.91 Å². The molecule has 4 aromatic rings. The number of furan rings is 1. The Morgan fingerprint density at radius 1 is 0.968 bits per heavy atom. The summed E-state index contributed by atoms with van der Waals surface area (Å²) in [6.07, 6.45) is 1.77. The van der Waals surface area contributed by atoms with Gasteiger partial charge in [-0.25, -0.2) is 0 Å². The van der Waals surface area contributed by atoms with Crippen LogP contribution in [0.2, 0.25) is 0 Å². The lowest BCUT2D eigenvalue weighted by molar-refractivity contribution is -0.113. The molecule has 0 spiro atoms. The molecule has 3 aromatic carbocycles. The van der Waals surface area contributed by atoms with Crippen LogP contribution in [-0.2, 0) is 4.79 Å². The lowest BCUT2D eigenvalue weighted by Crippen LogP contribution is -2.27. The average molecular weight is 460 g/mol. The second kappa shape index (κ2) is 8.38. The van der Waals surface area contributed by atoms with Gasteiger partial charge in [-0.2, -0.15) is 0 Å². The van der Waals surface area contributed by atoms with Gasteiger partial charge in [0.05, 0.1) is 10.6 Å². The number of hydrogen-bond acceptors (Lipinski definition) is 5. The van der Waals surface area contributed by atoms with E-state index in [9.17, 15) is 4.79 Å². The van der Waals surface area contributed by atoms with Crippen LogP contribution in [0.5, 0.6) is 0 Å². The van der Waals surface area contributed by atoms with Crippen LogP contribution in [0.15, 0.2) is 98.2 Å². The predicted molar refractivity (Wildman–Crippen MR) is 134 cm³/mol. The Balaban J connectivity index is 1.41. The second-order valence-corrected chi connectivity index (χ2v) is 9.84. The number of anilines is 1. The average Bonchev–Trinajstić information content (AvgIpc) is 3.33. The first-order valence-corrected chi connectivity index (χ1v) is 11.7. The Kier molecular flexibility index (Phi) is 5.44. The third-order valence-corrected chi connectivity index (χ3v) is 7.15. The molecule has 0 bridgehead atoms. The number of amides is 1. The molecule has 0 aliphatic carbocycles. The standard InChI is InChI=1S/C25H17NO2S3/c1-16-9-12-19(13-10-16)30-23-14-11-18(28-23)15-22-24(27)26(25(29)31-22)21-8-4-6-17-5-2-3-7-20(17)21/h2-15H,1H3/b22-15+. The maximum Gasteiger partial charge on any atom is 0.270 e. The van der Waals surface area contributed by atoms with Gasteiger partial charge in [0.1, 0.15) is 5.76 Å². The number of thiocarbonyl (C=S) groups is 1. The monoisotopic (exact) mass is 459 g/mol. The van der Waals surface area contributed by atoms with Crippen LogP contribution in [0.4, 0.5) is 5.69 Å². The quantitative estimate of drug-likeness (QED) is 0.236. The van der Waals surface area contributed by atoms with Crippen LogP contribution in [0.25, 0.3) is 16.8 Å². The molecular formula is C25H17NO2S3. The minimum Gasteiger partial charge on any atom is -0.450 e. The highest BCUT2D eigenvalue weighted by atomic mass is 32.2.